The quantitative estimate of drug-likeness (QED) is 0.243. The van der Waals surface area contributed by atoms with Gasteiger partial charge in [-0.3, -0.25) is 0 Å². The normalized spacial score (nSPS) is 11.9. The van der Waals surface area contributed by atoms with Crippen molar-refractivity contribution in [2.45, 2.75) is 0 Å². The van der Waals surface area contributed by atoms with Crippen molar-refractivity contribution >= 4 is 54.1 Å². The van der Waals surface area contributed by atoms with Gasteiger partial charge in [0.15, 0.2) is 0 Å². The Hall–Kier alpha value is -4.82. The molecule has 0 aliphatic carbocycles. The number of benzene rings is 6. The third-order valence-corrected chi connectivity index (χ3v) is 7.41. The van der Waals surface area contributed by atoms with Crippen molar-refractivity contribution in [3.8, 4) is 22.5 Å². The van der Waals surface area contributed by atoms with Crippen LogP contribution in [0.2, 0.25) is 0 Å². The van der Waals surface area contributed by atoms with Gasteiger partial charge in [0, 0.05) is 21.9 Å². The van der Waals surface area contributed by atoms with Gasteiger partial charge in [0.25, 0.3) is 0 Å². The summed E-state index contributed by atoms with van der Waals surface area (Å²) in [5.74, 6) is 0. The summed E-state index contributed by atoms with van der Waals surface area (Å²) in [6.07, 6.45) is 0. The van der Waals surface area contributed by atoms with Crippen LogP contribution in [0.1, 0.15) is 0 Å². The van der Waals surface area contributed by atoms with Gasteiger partial charge in [-0.1, -0.05) is 97.1 Å². The first-order valence-corrected chi connectivity index (χ1v) is 12.3. The Kier molecular flexibility index (Phi) is 3.97. The van der Waals surface area contributed by atoms with Crippen LogP contribution in [-0.4, -0.2) is 9.97 Å². The smallest absolute Gasteiger partial charge is 0.0715 e. The molecule has 0 saturated heterocycles. The van der Waals surface area contributed by atoms with Crippen LogP contribution in [0.25, 0.3) is 76.6 Å². The van der Waals surface area contributed by atoms with E-state index >= 15 is 0 Å². The maximum absolute atomic E-state index is 5.01. The molecule has 0 amide bonds. The van der Waals surface area contributed by atoms with Gasteiger partial charge in [0.2, 0.25) is 0 Å². The van der Waals surface area contributed by atoms with E-state index in [2.05, 4.69) is 109 Å². The van der Waals surface area contributed by atoms with Crippen LogP contribution < -0.4 is 0 Å². The van der Waals surface area contributed by atoms with Crippen molar-refractivity contribution < 1.29 is 0 Å². The summed E-state index contributed by atoms with van der Waals surface area (Å²) in [6.45, 7) is 0. The zero-order valence-corrected chi connectivity index (χ0v) is 19.4. The van der Waals surface area contributed by atoms with E-state index in [1.165, 1.54) is 32.3 Å². The number of fused-ring (bicyclic) bond motifs is 2. The third kappa shape index (κ3) is 2.79. The maximum atomic E-state index is 5.01. The highest BCUT2D eigenvalue weighted by molar-refractivity contribution is 6.27. The van der Waals surface area contributed by atoms with Crippen molar-refractivity contribution in [3.05, 3.63) is 121 Å². The molecule has 166 valence electrons. The minimum Gasteiger partial charge on any atom is -0.248 e. The summed E-state index contributed by atoms with van der Waals surface area (Å²) in [6, 6.07) is 43.1. The molecule has 0 aliphatic rings. The Bertz CT molecular complexity index is 1950. The zero-order valence-electron chi connectivity index (χ0n) is 19.4. The third-order valence-electron chi connectivity index (χ3n) is 7.41. The molecule has 2 nitrogen and oxygen atoms in total. The van der Waals surface area contributed by atoms with Gasteiger partial charge in [-0.15, -0.1) is 0 Å². The Morgan fingerprint density at radius 2 is 0.750 bits per heavy atom. The fourth-order valence-electron chi connectivity index (χ4n) is 5.68. The molecule has 0 atom stereocenters. The van der Waals surface area contributed by atoms with Gasteiger partial charge < -0.3 is 0 Å². The van der Waals surface area contributed by atoms with Gasteiger partial charge in [-0.05, 0) is 56.6 Å². The molecule has 0 saturated carbocycles. The molecule has 0 N–H and O–H groups in total. The fraction of sp³-hybridized carbons (Fsp3) is 0. The summed E-state index contributed by atoms with van der Waals surface area (Å²) in [4.78, 5) is 10.0. The van der Waals surface area contributed by atoms with Gasteiger partial charge in [-0.25, -0.2) is 9.97 Å². The number of para-hydroxylation sites is 2. The second kappa shape index (κ2) is 7.34. The molecule has 0 unspecified atom stereocenters. The first-order chi connectivity index (χ1) is 17.8. The predicted molar refractivity (Wildman–Crippen MR) is 152 cm³/mol. The standard InChI is InChI=1S/C34H20N2/c1-3-7-29-21(5-1)13-19-31(35-29)25-15-9-23-12-18-28-26(16-10-24-11-17-27(25)33(23)34(24)28)32-20-14-22-6-2-4-8-30(22)36-32/h1-20H. The van der Waals surface area contributed by atoms with Gasteiger partial charge >= 0.3 is 0 Å². The van der Waals surface area contributed by atoms with Crippen LogP contribution in [0, 0.1) is 0 Å². The van der Waals surface area contributed by atoms with Crippen LogP contribution in [0.5, 0.6) is 0 Å². The predicted octanol–water partition coefficient (Wildman–Crippen LogP) is 9.01. The molecule has 0 bridgehead atoms. The van der Waals surface area contributed by atoms with Crippen molar-refractivity contribution in [1.29, 1.82) is 0 Å². The van der Waals surface area contributed by atoms with Crippen LogP contribution >= 0.6 is 0 Å². The molecule has 8 aromatic rings. The van der Waals surface area contributed by atoms with Gasteiger partial charge in [-0.2, -0.15) is 0 Å². The lowest BCUT2D eigenvalue weighted by Crippen LogP contribution is -1.92. The SMILES string of the molecule is c1ccc2nc(-c3ccc4ccc5c(-c6ccc7ccccc7n6)ccc6ccc3c4c65)ccc2c1. The summed E-state index contributed by atoms with van der Waals surface area (Å²) < 4.78 is 0. The second-order valence-corrected chi connectivity index (χ2v) is 9.43. The first-order valence-electron chi connectivity index (χ1n) is 12.3. The lowest BCUT2D eigenvalue weighted by Gasteiger charge is -2.16. The van der Waals surface area contributed by atoms with Crippen LogP contribution in [0.4, 0.5) is 0 Å². The molecule has 0 spiro atoms. The second-order valence-electron chi connectivity index (χ2n) is 9.43. The van der Waals surface area contributed by atoms with E-state index in [1.807, 2.05) is 12.1 Å². The Balaban J connectivity index is 1.42. The van der Waals surface area contributed by atoms with E-state index < -0.39 is 0 Å². The van der Waals surface area contributed by atoms with E-state index in [4.69, 9.17) is 9.97 Å². The number of pyridine rings is 2. The summed E-state index contributed by atoms with van der Waals surface area (Å²) in [5, 5.41) is 9.86. The fourth-order valence-corrected chi connectivity index (χ4v) is 5.68. The monoisotopic (exact) mass is 456 g/mol. The number of hydrogen-bond donors (Lipinski definition) is 0. The minimum atomic E-state index is 1.00. The van der Waals surface area contributed by atoms with E-state index in [-0.39, 0.29) is 0 Å². The highest BCUT2D eigenvalue weighted by Gasteiger charge is 2.16. The van der Waals surface area contributed by atoms with Crippen LogP contribution in [0.15, 0.2) is 121 Å². The Morgan fingerprint density at radius 1 is 0.333 bits per heavy atom. The minimum absolute atomic E-state index is 1.00. The van der Waals surface area contributed by atoms with Crippen molar-refractivity contribution in [3.63, 3.8) is 0 Å². The zero-order chi connectivity index (χ0) is 23.6. The topological polar surface area (TPSA) is 25.8 Å². The highest BCUT2D eigenvalue weighted by Crippen LogP contribution is 2.42. The van der Waals surface area contributed by atoms with Crippen LogP contribution in [-0.2, 0) is 0 Å². The molecule has 0 radical (unpaired) electrons. The Morgan fingerprint density at radius 3 is 1.25 bits per heavy atom. The molecule has 0 aliphatic heterocycles. The van der Waals surface area contributed by atoms with Crippen molar-refractivity contribution in [2.24, 2.45) is 0 Å². The van der Waals surface area contributed by atoms with E-state index in [0.717, 1.165) is 44.3 Å². The Labute approximate surface area is 207 Å². The van der Waals surface area contributed by atoms with E-state index in [9.17, 15) is 0 Å². The number of rotatable bonds is 2. The molecule has 8 rings (SSSR count). The van der Waals surface area contributed by atoms with Crippen molar-refractivity contribution in [1.82, 2.24) is 9.97 Å². The molecule has 2 heteroatoms. The van der Waals surface area contributed by atoms with Gasteiger partial charge in [0.05, 0.1) is 22.4 Å². The first kappa shape index (κ1) is 19.5. The summed E-state index contributed by atoms with van der Waals surface area (Å²) >= 11 is 0. The molecule has 6 aromatic carbocycles. The summed E-state index contributed by atoms with van der Waals surface area (Å²) in [5.41, 5.74) is 6.37. The van der Waals surface area contributed by atoms with E-state index in [1.54, 1.807) is 0 Å². The number of hydrogen-bond acceptors (Lipinski definition) is 2. The largest absolute Gasteiger partial charge is 0.248 e. The molecular formula is C34H20N2. The molecule has 2 aromatic heterocycles. The lowest BCUT2D eigenvalue weighted by molar-refractivity contribution is 1.41. The number of nitrogens with zero attached hydrogens (tertiary/aromatic N) is 2. The van der Waals surface area contributed by atoms with Crippen molar-refractivity contribution in [2.75, 3.05) is 0 Å². The number of aromatic nitrogens is 2. The average molecular weight is 457 g/mol. The molecule has 2 heterocycles. The maximum Gasteiger partial charge on any atom is 0.0715 e. The summed E-state index contributed by atoms with van der Waals surface area (Å²) in [7, 11) is 0. The molecule has 0 fully saturated rings. The van der Waals surface area contributed by atoms with E-state index in [0.29, 0.717) is 0 Å². The van der Waals surface area contributed by atoms with Crippen LogP contribution in [0.3, 0.4) is 0 Å². The molecular weight excluding hydrogens is 436 g/mol. The van der Waals surface area contributed by atoms with Gasteiger partial charge in [0.1, 0.15) is 0 Å². The lowest BCUT2D eigenvalue weighted by atomic mass is 9.88. The highest BCUT2D eigenvalue weighted by atomic mass is 14.7. The average Bonchev–Trinajstić information content (AvgIpc) is 2.95. The molecule has 36 heavy (non-hydrogen) atoms.